The van der Waals surface area contributed by atoms with E-state index in [1.54, 1.807) is 6.92 Å². The van der Waals surface area contributed by atoms with Crippen molar-refractivity contribution in [3.05, 3.63) is 64.1 Å². The number of rotatable bonds is 5. The molecule has 0 saturated heterocycles. The van der Waals surface area contributed by atoms with E-state index in [9.17, 15) is 5.11 Å². The van der Waals surface area contributed by atoms with E-state index >= 15 is 0 Å². The van der Waals surface area contributed by atoms with Crippen molar-refractivity contribution in [3.8, 4) is 0 Å². The Morgan fingerprint density at radius 2 is 1.85 bits per heavy atom. The maximum absolute atomic E-state index is 9.64. The molecule has 0 fully saturated rings. The molecule has 0 aliphatic heterocycles. The van der Waals surface area contributed by atoms with E-state index in [0.717, 1.165) is 28.7 Å². The molecule has 0 aliphatic rings. The highest BCUT2D eigenvalue weighted by Crippen LogP contribution is 2.27. The molecule has 2 rings (SSSR count). The Hall–Kier alpha value is -1.32. The number of halogens is 1. The highest BCUT2D eigenvalue weighted by Gasteiger charge is 2.08. The molecule has 1 atom stereocenters. The highest BCUT2D eigenvalue weighted by atomic mass is 79.9. The third kappa shape index (κ3) is 3.84. The van der Waals surface area contributed by atoms with Gasteiger partial charge in [0.05, 0.1) is 6.10 Å². The summed E-state index contributed by atoms with van der Waals surface area (Å²) in [4.78, 5) is 2.23. The molecule has 1 unspecified atom stereocenters. The Bertz CT molecular complexity index is 554. The van der Waals surface area contributed by atoms with Crippen LogP contribution in [0.3, 0.4) is 0 Å². The van der Waals surface area contributed by atoms with E-state index in [0.29, 0.717) is 0 Å². The molecule has 3 heteroatoms. The van der Waals surface area contributed by atoms with Gasteiger partial charge in [-0.15, -0.1) is 0 Å². The van der Waals surface area contributed by atoms with Gasteiger partial charge >= 0.3 is 0 Å². The summed E-state index contributed by atoms with van der Waals surface area (Å²) in [5.74, 6) is 0. The number of likely N-dealkylation sites (N-methyl/N-ethyl adjacent to an activating group) is 1. The van der Waals surface area contributed by atoms with Crippen LogP contribution < -0.4 is 4.90 Å². The van der Waals surface area contributed by atoms with Crippen LogP contribution in [0.5, 0.6) is 0 Å². The van der Waals surface area contributed by atoms with Crippen LogP contribution >= 0.6 is 15.9 Å². The monoisotopic (exact) mass is 333 g/mol. The lowest BCUT2D eigenvalue weighted by Gasteiger charge is -2.21. The molecule has 0 bridgehead atoms. The predicted octanol–water partition coefficient (Wildman–Crippen LogP) is 4.18. The molecular formula is C17H20BrNO. The molecule has 0 amide bonds. The Morgan fingerprint density at radius 1 is 1.15 bits per heavy atom. The molecule has 2 aromatic rings. The fourth-order valence-corrected chi connectivity index (χ4v) is 2.86. The average molecular weight is 334 g/mol. The van der Waals surface area contributed by atoms with Gasteiger partial charge < -0.3 is 10.0 Å². The Balaban J connectivity index is 2.02. The van der Waals surface area contributed by atoms with Crippen molar-refractivity contribution in [2.75, 3.05) is 18.5 Å². The van der Waals surface area contributed by atoms with E-state index in [4.69, 9.17) is 0 Å². The normalized spacial score (nSPS) is 12.2. The second-order valence-electron chi connectivity index (χ2n) is 5.04. The van der Waals surface area contributed by atoms with Gasteiger partial charge in [-0.2, -0.15) is 0 Å². The van der Waals surface area contributed by atoms with Gasteiger partial charge in [-0.05, 0) is 36.6 Å². The van der Waals surface area contributed by atoms with Crippen molar-refractivity contribution < 1.29 is 5.11 Å². The van der Waals surface area contributed by atoms with Crippen molar-refractivity contribution in [1.82, 2.24) is 0 Å². The fourth-order valence-electron chi connectivity index (χ4n) is 2.16. The number of aliphatic hydroxyl groups excluding tert-OH is 1. The molecule has 0 radical (unpaired) electrons. The molecule has 2 aromatic carbocycles. The molecule has 0 aromatic heterocycles. The van der Waals surface area contributed by atoms with Gasteiger partial charge in [0, 0.05) is 23.8 Å². The predicted molar refractivity (Wildman–Crippen MR) is 88.2 cm³/mol. The molecule has 0 heterocycles. The summed E-state index contributed by atoms with van der Waals surface area (Å²) in [7, 11) is 2.09. The van der Waals surface area contributed by atoms with Crippen molar-refractivity contribution in [1.29, 1.82) is 0 Å². The van der Waals surface area contributed by atoms with Crippen LogP contribution in [0.1, 0.15) is 24.2 Å². The topological polar surface area (TPSA) is 23.5 Å². The first-order valence-corrected chi connectivity index (χ1v) is 7.60. The highest BCUT2D eigenvalue weighted by molar-refractivity contribution is 9.10. The minimum absolute atomic E-state index is 0.451. The number of hydrogen-bond acceptors (Lipinski definition) is 2. The Morgan fingerprint density at radius 3 is 2.45 bits per heavy atom. The van der Waals surface area contributed by atoms with Crippen molar-refractivity contribution in [3.63, 3.8) is 0 Å². The lowest BCUT2D eigenvalue weighted by atomic mass is 10.1. The molecule has 0 saturated carbocycles. The minimum atomic E-state index is -0.451. The zero-order valence-corrected chi connectivity index (χ0v) is 13.5. The second-order valence-corrected chi connectivity index (χ2v) is 5.89. The average Bonchev–Trinajstić information content (AvgIpc) is 2.45. The second kappa shape index (κ2) is 6.91. The van der Waals surface area contributed by atoms with Crippen LogP contribution in [-0.4, -0.2) is 18.7 Å². The van der Waals surface area contributed by atoms with Crippen LogP contribution in [-0.2, 0) is 6.42 Å². The molecule has 106 valence electrons. The van der Waals surface area contributed by atoms with Crippen LogP contribution in [0.2, 0.25) is 0 Å². The summed E-state index contributed by atoms with van der Waals surface area (Å²) in [5.41, 5.74) is 3.42. The molecule has 0 spiro atoms. The summed E-state index contributed by atoms with van der Waals surface area (Å²) < 4.78 is 0.955. The van der Waals surface area contributed by atoms with Crippen molar-refractivity contribution in [2.45, 2.75) is 19.4 Å². The molecule has 2 nitrogen and oxygen atoms in total. The zero-order valence-electron chi connectivity index (χ0n) is 11.9. The number of anilines is 1. The zero-order chi connectivity index (χ0) is 14.5. The third-order valence-corrected chi connectivity index (χ3v) is 4.14. The number of aliphatic hydroxyl groups is 1. The first-order chi connectivity index (χ1) is 9.58. The summed E-state index contributed by atoms with van der Waals surface area (Å²) in [6.07, 6.45) is 0.570. The van der Waals surface area contributed by atoms with Crippen molar-refractivity contribution in [2.24, 2.45) is 0 Å². The van der Waals surface area contributed by atoms with Gasteiger partial charge in [0.1, 0.15) is 0 Å². The van der Waals surface area contributed by atoms with Crippen LogP contribution in [0.25, 0.3) is 0 Å². The summed E-state index contributed by atoms with van der Waals surface area (Å²) in [5, 5.41) is 9.64. The van der Waals surface area contributed by atoms with Gasteiger partial charge in [0.15, 0.2) is 0 Å². The third-order valence-electron chi connectivity index (χ3n) is 3.45. The van der Waals surface area contributed by atoms with Crippen LogP contribution in [0.4, 0.5) is 5.69 Å². The molecule has 20 heavy (non-hydrogen) atoms. The minimum Gasteiger partial charge on any atom is -0.389 e. The lowest BCUT2D eigenvalue weighted by molar-refractivity contribution is 0.198. The van der Waals surface area contributed by atoms with Gasteiger partial charge in [-0.3, -0.25) is 0 Å². The Labute approximate surface area is 129 Å². The van der Waals surface area contributed by atoms with E-state index in [-0.39, 0.29) is 0 Å². The standard InChI is InChI=1S/C17H20BrNO/c1-13(20)16-9-8-15(12-17(16)18)19(2)11-10-14-6-4-3-5-7-14/h3-9,12-13,20H,10-11H2,1-2H3. The van der Waals surface area contributed by atoms with Crippen molar-refractivity contribution >= 4 is 21.6 Å². The number of hydrogen-bond donors (Lipinski definition) is 1. The maximum Gasteiger partial charge on any atom is 0.0772 e. The van der Waals surface area contributed by atoms with E-state index in [2.05, 4.69) is 64.3 Å². The van der Waals surface area contributed by atoms with Gasteiger partial charge in [-0.25, -0.2) is 0 Å². The molecule has 1 N–H and O–H groups in total. The van der Waals surface area contributed by atoms with E-state index in [1.165, 1.54) is 5.56 Å². The number of benzene rings is 2. The van der Waals surface area contributed by atoms with E-state index in [1.807, 2.05) is 12.1 Å². The first-order valence-electron chi connectivity index (χ1n) is 6.80. The lowest BCUT2D eigenvalue weighted by Crippen LogP contribution is -2.20. The fraction of sp³-hybridized carbons (Fsp3) is 0.294. The first kappa shape index (κ1) is 15.1. The van der Waals surface area contributed by atoms with Crippen LogP contribution in [0, 0.1) is 0 Å². The largest absolute Gasteiger partial charge is 0.389 e. The quantitative estimate of drug-likeness (QED) is 0.887. The smallest absolute Gasteiger partial charge is 0.0772 e. The van der Waals surface area contributed by atoms with E-state index < -0.39 is 6.10 Å². The van der Waals surface area contributed by atoms with Gasteiger partial charge in [0.25, 0.3) is 0 Å². The summed E-state index contributed by atoms with van der Waals surface area (Å²) in [6, 6.07) is 16.6. The SMILES string of the molecule is CC(O)c1ccc(N(C)CCc2ccccc2)cc1Br. The number of nitrogens with zero attached hydrogens (tertiary/aromatic N) is 1. The van der Waals surface area contributed by atoms with Gasteiger partial charge in [-0.1, -0.05) is 52.3 Å². The molecular weight excluding hydrogens is 314 g/mol. The summed E-state index contributed by atoms with van der Waals surface area (Å²) >= 11 is 3.53. The maximum atomic E-state index is 9.64. The molecule has 0 aliphatic carbocycles. The van der Waals surface area contributed by atoms with Crippen LogP contribution in [0.15, 0.2) is 53.0 Å². The Kier molecular flexibility index (Phi) is 5.21. The summed E-state index contributed by atoms with van der Waals surface area (Å²) in [6.45, 7) is 2.74. The van der Waals surface area contributed by atoms with Gasteiger partial charge in [0.2, 0.25) is 0 Å².